The normalized spacial score (nSPS) is 14.3. The third-order valence-electron chi connectivity index (χ3n) is 3.71. The Morgan fingerprint density at radius 3 is 2.65 bits per heavy atom. The number of halogens is 2. The Labute approximate surface area is 117 Å². The summed E-state index contributed by atoms with van der Waals surface area (Å²) in [5, 5.41) is 0. The molecule has 20 heavy (non-hydrogen) atoms. The van der Waals surface area contributed by atoms with Gasteiger partial charge in [0.05, 0.1) is 17.9 Å². The van der Waals surface area contributed by atoms with Gasteiger partial charge in [-0.1, -0.05) is 20.3 Å². The first-order valence-corrected chi connectivity index (χ1v) is 6.70. The van der Waals surface area contributed by atoms with Gasteiger partial charge in [0.15, 0.2) is 0 Å². The van der Waals surface area contributed by atoms with Gasteiger partial charge in [0.25, 0.3) is 0 Å². The Hall–Kier alpha value is -1.75. The molecule has 2 atom stereocenters. The van der Waals surface area contributed by atoms with Crippen LogP contribution in [0.3, 0.4) is 0 Å². The van der Waals surface area contributed by atoms with Crippen molar-refractivity contribution in [1.82, 2.24) is 9.97 Å². The van der Waals surface area contributed by atoms with Gasteiger partial charge < -0.3 is 10.7 Å². The second-order valence-electron chi connectivity index (χ2n) is 5.17. The van der Waals surface area contributed by atoms with Crippen LogP contribution in [0.1, 0.15) is 37.7 Å². The highest BCUT2D eigenvalue weighted by molar-refractivity contribution is 5.60. The van der Waals surface area contributed by atoms with E-state index in [1.165, 1.54) is 25.3 Å². The number of nitrogens with zero attached hydrogens (tertiary/aromatic N) is 1. The van der Waals surface area contributed by atoms with Crippen LogP contribution in [0.5, 0.6) is 0 Å². The quantitative estimate of drug-likeness (QED) is 0.896. The van der Waals surface area contributed by atoms with E-state index in [2.05, 4.69) is 9.97 Å². The molecule has 3 nitrogen and oxygen atoms in total. The van der Waals surface area contributed by atoms with Gasteiger partial charge in [0.2, 0.25) is 0 Å². The molecule has 5 heteroatoms. The van der Waals surface area contributed by atoms with E-state index in [-0.39, 0.29) is 23.1 Å². The molecular formula is C15H19F2N3. The van der Waals surface area contributed by atoms with Gasteiger partial charge in [-0.25, -0.2) is 13.8 Å². The van der Waals surface area contributed by atoms with E-state index in [0.29, 0.717) is 11.5 Å². The molecule has 0 saturated carbocycles. The van der Waals surface area contributed by atoms with E-state index < -0.39 is 11.6 Å². The molecular weight excluding hydrogens is 260 g/mol. The fourth-order valence-electron chi connectivity index (χ4n) is 2.02. The monoisotopic (exact) mass is 279 g/mol. The predicted octanol–water partition coefficient (Wildman–Crippen LogP) is 3.71. The third kappa shape index (κ3) is 2.72. The van der Waals surface area contributed by atoms with Gasteiger partial charge in [0, 0.05) is 5.56 Å². The largest absolute Gasteiger partial charge is 0.341 e. The highest BCUT2D eigenvalue weighted by atomic mass is 19.1. The summed E-state index contributed by atoms with van der Waals surface area (Å²) in [6, 6.07) is 2.11. The standard InChI is InChI=1S/C15H19F2N3/c1-4-8(2)14(18)15-19-7-13(20-15)10-6-11(16)9(3)5-12(10)17/h5-8,14H,4,18H2,1-3H3,(H,19,20). The molecule has 0 radical (unpaired) electrons. The second kappa shape index (κ2) is 5.71. The highest BCUT2D eigenvalue weighted by Gasteiger charge is 2.18. The van der Waals surface area contributed by atoms with Gasteiger partial charge in [-0.3, -0.25) is 0 Å². The molecule has 108 valence electrons. The van der Waals surface area contributed by atoms with Crippen molar-refractivity contribution in [2.24, 2.45) is 11.7 Å². The van der Waals surface area contributed by atoms with Crippen LogP contribution >= 0.6 is 0 Å². The fourth-order valence-corrected chi connectivity index (χ4v) is 2.02. The number of aromatic amines is 1. The minimum Gasteiger partial charge on any atom is -0.341 e. The van der Waals surface area contributed by atoms with E-state index in [0.717, 1.165) is 6.42 Å². The van der Waals surface area contributed by atoms with Crippen molar-refractivity contribution in [2.75, 3.05) is 0 Å². The number of nitrogens with two attached hydrogens (primary N) is 1. The molecule has 0 fully saturated rings. The van der Waals surface area contributed by atoms with E-state index >= 15 is 0 Å². The van der Waals surface area contributed by atoms with Gasteiger partial charge in [-0.15, -0.1) is 0 Å². The number of benzene rings is 1. The topological polar surface area (TPSA) is 54.7 Å². The molecule has 0 aliphatic rings. The first-order valence-electron chi connectivity index (χ1n) is 6.70. The van der Waals surface area contributed by atoms with Gasteiger partial charge in [0.1, 0.15) is 17.5 Å². The maximum absolute atomic E-state index is 13.9. The zero-order chi connectivity index (χ0) is 14.9. The van der Waals surface area contributed by atoms with Crippen LogP contribution in [0, 0.1) is 24.5 Å². The summed E-state index contributed by atoms with van der Waals surface area (Å²) in [6.07, 6.45) is 2.41. The minimum absolute atomic E-state index is 0.170. The SMILES string of the molecule is CCC(C)C(N)c1ncc(-c2cc(F)c(C)cc2F)[nH]1. The lowest BCUT2D eigenvalue weighted by molar-refractivity contribution is 0.441. The molecule has 0 spiro atoms. The predicted molar refractivity (Wildman–Crippen MR) is 75.1 cm³/mol. The number of imidazole rings is 1. The summed E-state index contributed by atoms with van der Waals surface area (Å²) in [5.41, 5.74) is 6.96. The zero-order valence-electron chi connectivity index (χ0n) is 11.9. The lowest BCUT2D eigenvalue weighted by Crippen LogP contribution is -2.19. The van der Waals surface area contributed by atoms with Crippen molar-refractivity contribution in [1.29, 1.82) is 0 Å². The van der Waals surface area contributed by atoms with Gasteiger partial charge in [-0.2, -0.15) is 0 Å². The highest BCUT2D eigenvalue weighted by Crippen LogP contribution is 2.26. The number of rotatable bonds is 4. The number of hydrogen-bond donors (Lipinski definition) is 2. The molecule has 0 amide bonds. The van der Waals surface area contributed by atoms with Crippen LogP contribution in [-0.4, -0.2) is 9.97 Å². The van der Waals surface area contributed by atoms with Crippen molar-refractivity contribution in [3.63, 3.8) is 0 Å². The van der Waals surface area contributed by atoms with Crippen LogP contribution in [0.15, 0.2) is 18.3 Å². The van der Waals surface area contributed by atoms with Gasteiger partial charge >= 0.3 is 0 Å². The van der Waals surface area contributed by atoms with Crippen LogP contribution in [-0.2, 0) is 0 Å². The molecule has 2 unspecified atom stereocenters. The smallest absolute Gasteiger partial charge is 0.133 e. The molecule has 2 rings (SSSR count). The van der Waals surface area contributed by atoms with Crippen molar-refractivity contribution >= 4 is 0 Å². The van der Waals surface area contributed by atoms with Crippen molar-refractivity contribution in [3.8, 4) is 11.3 Å². The molecule has 0 saturated heterocycles. The van der Waals surface area contributed by atoms with Crippen LogP contribution in [0.25, 0.3) is 11.3 Å². The van der Waals surface area contributed by atoms with E-state index in [1.54, 1.807) is 0 Å². The number of aryl methyl sites for hydroxylation is 1. The average molecular weight is 279 g/mol. The summed E-state index contributed by atoms with van der Waals surface area (Å²) in [6.45, 7) is 5.60. The van der Waals surface area contributed by atoms with E-state index in [4.69, 9.17) is 5.73 Å². The molecule has 0 bridgehead atoms. The third-order valence-corrected chi connectivity index (χ3v) is 3.71. The Kier molecular flexibility index (Phi) is 4.18. The minimum atomic E-state index is -0.476. The number of nitrogens with one attached hydrogen (secondary N) is 1. The number of H-pyrrole nitrogens is 1. The second-order valence-corrected chi connectivity index (χ2v) is 5.17. The summed E-state index contributed by atoms with van der Waals surface area (Å²) in [5.74, 6) is -0.0664. The summed E-state index contributed by atoms with van der Waals surface area (Å²) < 4.78 is 27.5. The summed E-state index contributed by atoms with van der Waals surface area (Å²) >= 11 is 0. The molecule has 1 aromatic heterocycles. The number of hydrogen-bond acceptors (Lipinski definition) is 2. The first-order chi connectivity index (χ1) is 9.43. The van der Waals surface area contributed by atoms with E-state index in [1.807, 2.05) is 13.8 Å². The van der Waals surface area contributed by atoms with Crippen LogP contribution < -0.4 is 5.73 Å². The Balaban J connectivity index is 2.36. The maximum atomic E-state index is 13.9. The Morgan fingerprint density at radius 2 is 2.00 bits per heavy atom. The first kappa shape index (κ1) is 14.7. The molecule has 3 N–H and O–H groups in total. The average Bonchev–Trinajstić information content (AvgIpc) is 2.90. The van der Waals surface area contributed by atoms with Crippen molar-refractivity contribution < 1.29 is 8.78 Å². The molecule has 1 heterocycles. The molecule has 2 aromatic rings. The summed E-state index contributed by atoms with van der Waals surface area (Å²) in [7, 11) is 0. The number of aromatic nitrogens is 2. The van der Waals surface area contributed by atoms with Crippen LogP contribution in [0.4, 0.5) is 8.78 Å². The van der Waals surface area contributed by atoms with Crippen LogP contribution in [0.2, 0.25) is 0 Å². The lowest BCUT2D eigenvalue weighted by Gasteiger charge is -2.15. The van der Waals surface area contributed by atoms with Crippen molar-refractivity contribution in [2.45, 2.75) is 33.2 Å². The zero-order valence-corrected chi connectivity index (χ0v) is 11.9. The Morgan fingerprint density at radius 1 is 1.30 bits per heavy atom. The maximum Gasteiger partial charge on any atom is 0.133 e. The van der Waals surface area contributed by atoms with Crippen molar-refractivity contribution in [3.05, 3.63) is 41.4 Å². The summed E-state index contributed by atoms with van der Waals surface area (Å²) in [4.78, 5) is 7.17. The molecule has 0 aliphatic carbocycles. The molecule has 1 aromatic carbocycles. The Bertz CT molecular complexity index is 607. The lowest BCUT2D eigenvalue weighted by atomic mass is 10.00. The molecule has 0 aliphatic heterocycles. The van der Waals surface area contributed by atoms with Gasteiger partial charge in [-0.05, 0) is 30.5 Å². The van der Waals surface area contributed by atoms with E-state index in [9.17, 15) is 8.78 Å². The fraction of sp³-hybridized carbons (Fsp3) is 0.400.